The summed E-state index contributed by atoms with van der Waals surface area (Å²) in [6, 6.07) is -0.880. The van der Waals surface area contributed by atoms with Gasteiger partial charge in [-0.1, -0.05) is 0 Å². The molecule has 16 heavy (non-hydrogen) atoms. The highest BCUT2D eigenvalue weighted by atomic mass is 32.2. The molecular formula is C7H12NO6PS. The number of amides is 1. The summed E-state index contributed by atoms with van der Waals surface area (Å²) in [7, 11) is -4.21. The van der Waals surface area contributed by atoms with Crippen LogP contribution in [0.15, 0.2) is 0 Å². The van der Waals surface area contributed by atoms with Gasteiger partial charge in [0.2, 0.25) is 5.91 Å². The van der Waals surface area contributed by atoms with Crippen LogP contribution >= 0.6 is 19.4 Å². The maximum atomic E-state index is 11.5. The Bertz CT molecular complexity index is 342. The van der Waals surface area contributed by atoms with E-state index in [2.05, 4.69) is 0 Å². The topological polar surface area (TPSA) is 115 Å². The summed E-state index contributed by atoms with van der Waals surface area (Å²) < 4.78 is 10.6. The molecule has 3 N–H and O–H groups in total. The minimum atomic E-state index is -4.21. The van der Waals surface area contributed by atoms with E-state index in [4.69, 9.17) is 14.9 Å². The van der Waals surface area contributed by atoms with Gasteiger partial charge in [-0.05, 0) is 0 Å². The normalized spacial score (nSPS) is 21.1. The lowest BCUT2D eigenvalue weighted by molar-refractivity contribution is -0.147. The first kappa shape index (κ1) is 13.5. The first-order chi connectivity index (χ1) is 7.31. The molecule has 1 saturated heterocycles. The highest BCUT2D eigenvalue weighted by molar-refractivity contribution is 7.99. The van der Waals surface area contributed by atoms with Crippen molar-refractivity contribution in [2.24, 2.45) is 0 Å². The van der Waals surface area contributed by atoms with Crippen molar-refractivity contribution >= 4 is 31.2 Å². The summed E-state index contributed by atoms with van der Waals surface area (Å²) in [6.45, 7) is 0. The highest BCUT2D eigenvalue weighted by Crippen LogP contribution is 2.35. The van der Waals surface area contributed by atoms with Gasteiger partial charge in [0.25, 0.3) is 0 Å². The Morgan fingerprint density at radius 2 is 2.06 bits per heavy atom. The fourth-order valence-electron chi connectivity index (χ4n) is 1.28. The molecule has 1 atom stereocenters. The zero-order valence-corrected chi connectivity index (χ0v) is 9.99. The van der Waals surface area contributed by atoms with Crippen molar-refractivity contribution in [2.75, 3.05) is 17.8 Å². The summed E-state index contributed by atoms with van der Waals surface area (Å²) in [6.07, 6.45) is -0.867. The fourth-order valence-corrected chi connectivity index (χ4v) is 2.93. The molecule has 1 rings (SSSR count). The van der Waals surface area contributed by atoms with Crippen LogP contribution in [0, 0.1) is 0 Å². The number of hydrogen-bond acceptors (Lipinski definition) is 4. The van der Waals surface area contributed by atoms with E-state index in [-0.39, 0.29) is 12.3 Å². The summed E-state index contributed by atoms with van der Waals surface area (Å²) in [5.74, 6) is -1.04. The van der Waals surface area contributed by atoms with Crippen molar-refractivity contribution in [3.05, 3.63) is 0 Å². The predicted molar refractivity (Wildman–Crippen MR) is 57.1 cm³/mol. The standard InChI is InChI=1S/C7H12NO6PS/c9-6(1-2-15(12,13)14)8-4-16-3-5(8)7(10)11/h5H,1-4H2,(H,10,11)(H2,12,13,14). The molecule has 1 fully saturated rings. The monoisotopic (exact) mass is 269 g/mol. The number of carboxylic acids is 1. The first-order valence-electron chi connectivity index (χ1n) is 4.46. The van der Waals surface area contributed by atoms with Crippen molar-refractivity contribution in [2.45, 2.75) is 12.5 Å². The lowest BCUT2D eigenvalue weighted by atomic mass is 10.3. The second-order valence-corrected chi connectivity index (χ2v) is 6.13. The largest absolute Gasteiger partial charge is 0.480 e. The van der Waals surface area contributed by atoms with Gasteiger partial charge in [0.15, 0.2) is 0 Å². The SMILES string of the molecule is O=C(O)C1CSCN1C(=O)CCP(=O)(O)O. The van der Waals surface area contributed by atoms with E-state index in [1.54, 1.807) is 0 Å². The van der Waals surface area contributed by atoms with Gasteiger partial charge >= 0.3 is 13.6 Å². The molecule has 0 aromatic rings. The van der Waals surface area contributed by atoms with Crippen molar-refractivity contribution < 1.29 is 29.0 Å². The van der Waals surface area contributed by atoms with Crippen LogP contribution in [0.25, 0.3) is 0 Å². The Hall–Kier alpha value is -0.560. The molecule has 1 amide bonds. The lowest BCUT2D eigenvalue weighted by Gasteiger charge is -2.20. The number of carbonyl (C=O) groups excluding carboxylic acids is 1. The van der Waals surface area contributed by atoms with Gasteiger partial charge in [-0.15, -0.1) is 11.8 Å². The summed E-state index contributed by atoms with van der Waals surface area (Å²) >= 11 is 1.31. The second-order valence-electron chi connectivity index (χ2n) is 3.36. The first-order valence-corrected chi connectivity index (χ1v) is 7.41. The molecule has 0 radical (unpaired) electrons. The number of carboxylic acid groups (broad SMARTS) is 1. The molecule has 1 heterocycles. The third-order valence-corrected chi connectivity index (χ3v) is 3.92. The molecular weight excluding hydrogens is 257 g/mol. The van der Waals surface area contributed by atoms with Crippen LogP contribution in [-0.2, 0) is 14.2 Å². The van der Waals surface area contributed by atoms with Crippen LogP contribution in [-0.4, -0.2) is 55.5 Å². The molecule has 0 aromatic heterocycles. The number of rotatable bonds is 4. The number of nitrogens with zero attached hydrogens (tertiary/aromatic N) is 1. The van der Waals surface area contributed by atoms with E-state index in [0.717, 1.165) is 4.90 Å². The van der Waals surface area contributed by atoms with E-state index in [1.165, 1.54) is 11.8 Å². The number of aliphatic carboxylic acids is 1. The highest BCUT2D eigenvalue weighted by Gasteiger charge is 2.34. The molecule has 0 aromatic carbocycles. The van der Waals surface area contributed by atoms with Gasteiger partial charge in [0, 0.05) is 12.2 Å². The van der Waals surface area contributed by atoms with E-state index in [1.807, 2.05) is 0 Å². The Labute approximate surface area is 96.0 Å². The van der Waals surface area contributed by atoms with Crippen LogP contribution in [0.1, 0.15) is 6.42 Å². The molecule has 0 saturated carbocycles. The smallest absolute Gasteiger partial charge is 0.327 e. The Morgan fingerprint density at radius 1 is 1.44 bits per heavy atom. The Kier molecular flexibility index (Phi) is 4.37. The third-order valence-electron chi connectivity index (χ3n) is 2.10. The molecule has 1 aliphatic rings. The molecule has 1 aliphatic heterocycles. The van der Waals surface area contributed by atoms with Crippen molar-refractivity contribution in [1.29, 1.82) is 0 Å². The average molecular weight is 269 g/mol. The van der Waals surface area contributed by atoms with Crippen molar-refractivity contribution in [3.8, 4) is 0 Å². The summed E-state index contributed by atoms with van der Waals surface area (Å²) in [5.41, 5.74) is 0. The molecule has 7 nitrogen and oxygen atoms in total. The van der Waals surface area contributed by atoms with Crippen LogP contribution < -0.4 is 0 Å². The van der Waals surface area contributed by atoms with Gasteiger partial charge in [-0.3, -0.25) is 9.36 Å². The lowest BCUT2D eigenvalue weighted by Crippen LogP contribution is -2.41. The van der Waals surface area contributed by atoms with E-state index in [9.17, 15) is 14.2 Å². The zero-order valence-electron chi connectivity index (χ0n) is 8.27. The van der Waals surface area contributed by atoms with Gasteiger partial charge in [-0.2, -0.15) is 0 Å². The third kappa shape index (κ3) is 3.79. The zero-order chi connectivity index (χ0) is 12.3. The van der Waals surface area contributed by atoms with Crippen LogP contribution in [0.2, 0.25) is 0 Å². The molecule has 0 bridgehead atoms. The molecule has 92 valence electrons. The second kappa shape index (κ2) is 5.18. The summed E-state index contributed by atoms with van der Waals surface area (Å²) in [5, 5.41) is 8.80. The molecule has 0 aliphatic carbocycles. The maximum Gasteiger partial charge on any atom is 0.327 e. The van der Waals surface area contributed by atoms with Crippen LogP contribution in [0.3, 0.4) is 0 Å². The van der Waals surface area contributed by atoms with E-state index in [0.29, 0.717) is 5.75 Å². The number of carbonyl (C=O) groups is 2. The van der Waals surface area contributed by atoms with Gasteiger partial charge in [0.1, 0.15) is 6.04 Å². The van der Waals surface area contributed by atoms with E-state index >= 15 is 0 Å². The Morgan fingerprint density at radius 3 is 2.56 bits per heavy atom. The quantitative estimate of drug-likeness (QED) is 0.591. The fraction of sp³-hybridized carbons (Fsp3) is 0.714. The minimum Gasteiger partial charge on any atom is -0.480 e. The van der Waals surface area contributed by atoms with Crippen molar-refractivity contribution in [1.82, 2.24) is 4.90 Å². The van der Waals surface area contributed by atoms with Crippen LogP contribution in [0.5, 0.6) is 0 Å². The molecule has 1 unspecified atom stereocenters. The molecule has 0 spiro atoms. The minimum absolute atomic E-state index is 0.261. The summed E-state index contributed by atoms with van der Waals surface area (Å²) in [4.78, 5) is 40.6. The number of hydrogen-bond donors (Lipinski definition) is 3. The maximum absolute atomic E-state index is 11.5. The van der Waals surface area contributed by atoms with Crippen molar-refractivity contribution in [3.63, 3.8) is 0 Å². The number of thioether (sulfide) groups is 1. The van der Waals surface area contributed by atoms with E-state index < -0.39 is 31.7 Å². The Balaban J connectivity index is 2.54. The van der Waals surface area contributed by atoms with Gasteiger partial charge in [0.05, 0.1) is 12.0 Å². The average Bonchev–Trinajstić information content (AvgIpc) is 2.61. The molecule has 9 heteroatoms. The van der Waals surface area contributed by atoms with Crippen LogP contribution in [0.4, 0.5) is 0 Å². The van der Waals surface area contributed by atoms with Gasteiger partial charge < -0.3 is 19.8 Å². The van der Waals surface area contributed by atoms with Gasteiger partial charge in [-0.25, -0.2) is 4.79 Å². The predicted octanol–water partition coefficient (Wildman–Crippen LogP) is -0.460.